The van der Waals surface area contributed by atoms with Gasteiger partial charge in [-0.05, 0) is 45.4 Å². The van der Waals surface area contributed by atoms with Crippen molar-refractivity contribution >= 4 is 28.4 Å². The molecule has 0 aliphatic rings. The number of carbonyl (C=O) groups excluding carboxylic acids is 3. The molecular weight excluding hydrogens is 386 g/mol. The molecule has 0 radical (unpaired) electrons. The van der Waals surface area contributed by atoms with Gasteiger partial charge in [0.2, 0.25) is 5.78 Å². The van der Waals surface area contributed by atoms with E-state index in [0.717, 1.165) is 0 Å². The number of carbonyl (C=O) groups is 3. The highest BCUT2D eigenvalue weighted by Gasteiger charge is 2.26. The maximum absolute atomic E-state index is 12.7. The van der Waals surface area contributed by atoms with Crippen molar-refractivity contribution < 1.29 is 19.1 Å². The Morgan fingerprint density at radius 1 is 1.13 bits per heavy atom. The van der Waals surface area contributed by atoms with Gasteiger partial charge in [0.25, 0.3) is 5.56 Å². The summed E-state index contributed by atoms with van der Waals surface area (Å²) >= 11 is 0. The van der Waals surface area contributed by atoms with Crippen LogP contribution in [-0.2, 0) is 16.0 Å². The molecule has 156 valence electrons. The maximum atomic E-state index is 12.7. The Morgan fingerprint density at radius 3 is 2.50 bits per heavy atom. The van der Waals surface area contributed by atoms with E-state index in [0.29, 0.717) is 33.5 Å². The van der Waals surface area contributed by atoms with E-state index in [1.807, 2.05) is 0 Å². The van der Waals surface area contributed by atoms with E-state index in [4.69, 9.17) is 4.74 Å². The van der Waals surface area contributed by atoms with Crippen molar-refractivity contribution in [3.8, 4) is 0 Å². The fraction of sp³-hybridized carbons (Fsp3) is 0.318. The quantitative estimate of drug-likeness (QED) is 0.457. The van der Waals surface area contributed by atoms with Crippen molar-refractivity contribution in [2.75, 3.05) is 0 Å². The van der Waals surface area contributed by atoms with Crippen molar-refractivity contribution in [2.45, 2.75) is 46.6 Å². The smallest absolute Gasteiger partial charge is 0.306 e. The lowest BCUT2D eigenvalue weighted by molar-refractivity contribution is -0.146. The third kappa shape index (κ3) is 4.22. The Labute approximate surface area is 172 Å². The lowest BCUT2D eigenvalue weighted by atomic mass is 10.0. The van der Waals surface area contributed by atoms with Crippen LogP contribution >= 0.6 is 0 Å². The summed E-state index contributed by atoms with van der Waals surface area (Å²) in [5.41, 5.74) is 2.17. The molecule has 0 saturated heterocycles. The number of aromatic amines is 2. The van der Waals surface area contributed by atoms with Gasteiger partial charge in [0.15, 0.2) is 11.9 Å². The molecule has 3 aromatic rings. The van der Waals surface area contributed by atoms with Gasteiger partial charge in [0.05, 0.1) is 23.0 Å². The number of hydrogen-bond acceptors (Lipinski definition) is 6. The van der Waals surface area contributed by atoms with Crippen LogP contribution in [0, 0.1) is 13.8 Å². The molecule has 1 aromatic carbocycles. The van der Waals surface area contributed by atoms with Gasteiger partial charge < -0.3 is 14.7 Å². The van der Waals surface area contributed by atoms with Crippen molar-refractivity contribution in [1.29, 1.82) is 0 Å². The number of hydrogen-bond donors (Lipinski definition) is 2. The summed E-state index contributed by atoms with van der Waals surface area (Å²) in [5.74, 6) is -0.758. The van der Waals surface area contributed by atoms with Crippen LogP contribution in [0.2, 0.25) is 0 Å². The first-order chi connectivity index (χ1) is 14.2. The number of aryl methyl sites for hydroxylation is 2. The number of para-hydroxylation sites is 1. The fourth-order valence-electron chi connectivity index (χ4n) is 3.51. The number of ether oxygens (including phenoxy) is 1. The monoisotopic (exact) mass is 409 g/mol. The normalized spacial score (nSPS) is 12.0. The van der Waals surface area contributed by atoms with E-state index in [2.05, 4.69) is 15.0 Å². The Morgan fingerprint density at radius 2 is 1.83 bits per heavy atom. The number of fused-ring (bicyclic) bond motifs is 1. The molecule has 0 amide bonds. The van der Waals surface area contributed by atoms with Crippen LogP contribution in [0.5, 0.6) is 0 Å². The summed E-state index contributed by atoms with van der Waals surface area (Å²) < 4.78 is 5.26. The number of nitrogens with one attached hydrogen (secondary N) is 2. The first kappa shape index (κ1) is 21.2. The first-order valence-electron chi connectivity index (χ1n) is 9.60. The fourth-order valence-corrected chi connectivity index (χ4v) is 3.51. The number of nitrogens with zero attached hydrogens (tertiary/aromatic N) is 1. The van der Waals surface area contributed by atoms with Crippen molar-refractivity contribution in [2.24, 2.45) is 0 Å². The number of benzene rings is 1. The summed E-state index contributed by atoms with van der Waals surface area (Å²) in [6.45, 7) is 6.32. The minimum Gasteiger partial charge on any atom is -0.454 e. The largest absolute Gasteiger partial charge is 0.454 e. The topological polar surface area (TPSA) is 122 Å². The summed E-state index contributed by atoms with van der Waals surface area (Å²) in [6, 6.07) is 6.93. The highest BCUT2D eigenvalue weighted by molar-refractivity contribution is 6.05. The van der Waals surface area contributed by atoms with Crippen LogP contribution in [0.3, 0.4) is 0 Å². The van der Waals surface area contributed by atoms with Gasteiger partial charge in [-0.25, -0.2) is 4.98 Å². The van der Waals surface area contributed by atoms with Gasteiger partial charge in [0.1, 0.15) is 5.82 Å². The van der Waals surface area contributed by atoms with Gasteiger partial charge in [-0.1, -0.05) is 12.1 Å². The molecule has 8 nitrogen and oxygen atoms in total. The van der Waals surface area contributed by atoms with Crippen LogP contribution < -0.4 is 5.56 Å². The molecule has 3 rings (SSSR count). The summed E-state index contributed by atoms with van der Waals surface area (Å²) in [7, 11) is 0. The number of ketones is 2. The SMILES string of the molecule is CC(=O)c1c(C)[nH]c(C(=O)[C@H](C)OC(=O)CCc2nc3ccccc3c(=O)[nH]2)c1C. The molecule has 0 aliphatic heterocycles. The third-order valence-corrected chi connectivity index (χ3v) is 4.94. The molecule has 0 spiro atoms. The molecular formula is C22H23N3O5. The Hall–Kier alpha value is -3.55. The molecule has 2 aromatic heterocycles. The minimum absolute atomic E-state index is 0.0413. The van der Waals surface area contributed by atoms with Crippen LogP contribution in [-0.4, -0.2) is 38.6 Å². The van der Waals surface area contributed by atoms with Crippen LogP contribution in [0.25, 0.3) is 10.9 Å². The van der Waals surface area contributed by atoms with Crippen molar-refractivity contribution in [1.82, 2.24) is 15.0 Å². The lowest BCUT2D eigenvalue weighted by Crippen LogP contribution is -2.25. The summed E-state index contributed by atoms with van der Waals surface area (Å²) in [5, 5.41) is 0.476. The summed E-state index contributed by atoms with van der Waals surface area (Å²) in [4.78, 5) is 58.7. The second kappa shape index (κ2) is 8.44. The number of Topliss-reactive ketones (excluding diaryl/α,β-unsaturated/α-hetero) is 2. The molecule has 0 saturated carbocycles. The zero-order chi connectivity index (χ0) is 22.0. The van der Waals surface area contributed by atoms with Crippen LogP contribution in [0.1, 0.15) is 58.2 Å². The standard InChI is InChI=1S/C22H23N3O5/c1-11-19(13(3)26)12(2)23-20(11)21(28)14(4)30-18(27)10-9-17-24-16-8-6-5-7-15(16)22(29)25-17/h5-8,14,23H,9-10H2,1-4H3,(H,24,25,29)/t14-/m0/s1. The number of rotatable bonds is 7. The molecule has 0 unspecified atom stereocenters. The third-order valence-electron chi connectivity index (χ3n) is 4.94. The predicted molar refractivity (Wildman–Crippen MR) is 111 cm³/mol. The maximum Gasteiger partial charge on any atom is 0.306 e. The minimum atomic E-state index is -1.02. The van der Waals surface area contributed by atoms with Gasteiger partial charge in [-0.3, -0.25) is 19.2 Å². The van der Waals surface area contributed by atoms with Gasteiger partial charge in [-0.15, -0.1) is 0 Å². The van der Waals surface area contributed by atoms with Gasteiger partial charge >= 0.3 is 5.97 Å². The highest BCUT2D eigenvalue weighted by Crippen LogP contribution is 2.20. The number of H-pyrrole nitrogens is 2. The molecule has 1 atom stereocenters. The number of esters is 1. The lowest BCUT2D eigenvalue weighted by Gasteiger charge is -2.12. The zero-order valence-electron chi connectivity index (χ0n) is 17.3. The van der Waals surface area contributed by atoms with E-state index < -0.39 is 17.9 Å². The first-order valence-corrected chi connectivity index (χ1v) is 9.60. The van der Waals surface area contributed by atoms with Crippen LogP contribution in [0.15, 0.2) is 29.1 Å². The molecule has 2 heterocycles. The second-order valence-corrected chi connectivity index (χ2v) is 7.21. The average Bonchev–Trinajstić information content (AvgIpc) is 3.00. The predicted octanol–water partition coefficient (Wildman–Crippen LogP) is 2.82. The molecule has 30 heavy (non-hydrogen) atoms. The number of aromatic nitrogens is 3. The van der Waals surface area contributed by atoms with E-state index in [1.165, 1.54) is 13.8 Å². The Balaban J connectivity index is 1.65. The van der Waals surface area contributed by atoms with Crippen molar-refractivity contribution in [3.05, 3.63) is 63.0 Å². The van der Waals surface area contributed by atoms with Gasteiger partial charge in [0, 0.05) is 17.7 Å². The second-order valence-electron chi connectivity index (χ2n) is 7.21. The van der Waals surface area contributed by atoms with Gasteiger partial charge in [-0.2, -0.15) is 0 Å². The van der Waals surface area contributed by atoms with Crippen LogP contribution in [0.4, 0.5) is 0 Å². The Bertz CT molecular complexity index is 1210. The molecule has 2 N–H and O–H groups in total. The zero-order valence-corrected chi connectivity index (χ0v) is 17.3. The Kier molecular flexibility index (Phi) is 5.96. The molecule has 0 aliphatic carbocycles. The average molecular weight is 409 g/mol. The van der Waals surface area contributed by atoms with E-state index in [9.17, 15) is 19.2 Å². The molecule has 0 bridgehead atoms. The molecule has 8 heteroatoms. The summed E-state index contributed by atoms with van der Waals surface area (Å²) in [6.07, 6.45) is -0.882. The van der Waals surface area contributed by atoms with Crippen molar-refractivity contribution in [3.63, 3.8) is 0 Å². The van der Waals surface area contributed by atoms with E-state index >= 15 is 0 Å². The van der Waals surface area contributed by atoms with E-state index in [-0.39, 0.29) is 29.9 Å². The van der Waals surface area contributed by atoms with E-state index in [1.54, 1.807) is 38.1 Å². The highest BCUT2D eigenvalue weighted by atomic mass is 16.5. The molecule has 0 fully saturated rings.